The summed E-state index contributed by atoms with van der Waals surface area (Å²) in [7, 11) is 0. The third kappa shape index (κ3) is 3.48. The molecule has 4 rings (SSSR count). The summed E-state index contributed by atoms with van der Waals surface area (Å²) in [5.74, 6) is 0.0338. The molecule has 1 unspecified atom stereocenters. The third-order valence-electron chi connectivity index (χ3n) is 4.55. The van der Waals surface area contributed by atoms with Gasteiger partial charge in [0.05, 0.1) is 12.2 Å². The van der Waals surface area contributed by atoms with Crippen LogP contribution in [0.2, 0.25) is 0 Å². The van der Waals surface area contributed by atoms with Crippen molar-refractivity contribution in [3.8, 4) is 11.5 Å². The molecule has 27 heavy (non-hydrogen) atoms. The summed E-state index contributed by atoms with van der Waals surface area (Å²) in [6.45, 7) is 2.24. The molecule has 1 fully saturated rings. The lowest BCUT2D eigenvalue weighted by molar-refractivity contribution is -0.149. The first kappa shape index (κ1) is 17.1. The van der Waals surface area contributed by atoms with E-state index in [9.17, 15) is 9.59 Å². The Bertz CT molecular complexity index is 960. The molecule has 1 saturated heterocycles. The molecule has 138 valence electrons. The molecule has 0 N–H and O–H groups in total. The predicted octanol–water partition coefficient (Wildman–Crippen LogP) is 3.34. The van der Waals surface area contributed by atoms with Crippen LogP contribution in [0.4, 0.5) is 5.69 Å². The largest absolute Gasteiger partial charge is 0.461 e. The summed E-state index contributed by atoms with van der Waals surface area (Å²) in [6.07, 6.45) is 1.68. The van der Waals surface area contributed by atoms with E-state index in [4.69, 9.17) is 13.7 Å². The molecule has 0 aliphatic carbocycles. The Labute approximate surface area is 155 Å². The van der Waals surface area contributed by atoms with Gasteiger partial charge in [-0.15, -0.1) is 0 Å². The minimum absolute atomic E-state index is 0.0158. The fraction of sp³-hybridized carbons (Fsp3) is 0.250. The van der Waals surface area contributed by atoms with Crippen LogP contribution >= 0.6 is 0 Å². The number of esters is 1. The maximum absolute atomic E-state index is 12.4. The lowest BCUT2D eigenvalue weighted by Gasteiger charge is -2.18. The molecule has 3 aromatic rings. The molecular formula is C20H18N2O5. The molecule has 1 atom stereocenters. The normalized spacial score (nSPS) is 16.7. The number of ether oxygens (including phenoxy) is 1. The van der Waals surface area contributed by atoms with E-state index in [-0.39, 0.29) is 18.9 Å². The van der Waals surface area contributed by atoms with E-state index in [0.29, 0.717) is 23.8 Å². The Morgan fingerprint density at radius 2 is 2.11 bits per heavy atom. The van der Waals surface area contributed by atoms with Gasteiger partial charge in [-0.2, -0.15) is 0 Å². The molecule has 0 spiro atoms. The van der Waals surface area contributed by atoms with Crippen LogP contribution in [0, 0.1) is 12.8 Å². The number of aryl methyl sites for hydroxylation is 1. The first-order valence-corrected chi connectivity index (χ1v) is 8.64. The number of benzene rings is 1. The molecule has 1 aromatic carbocycles. The van der Waals surface area contributed by atoms with Gasteiger partial charge in [-0.05, 0) is 30.7 Å². The lowest BCUT2D eigenvalue weighted by atomic mass is 10.1. The number of hydrogen-bond donors (Lipinski definition) is 0. The summed E-state index contributed by atoms with van der Waals surface area (Å²) < 4.78 is 15.7. The monoisotopic (exact) mass is 366 g/mol. The minimum Gasteiger partial charge on any atom is -0.461 e. The van der Waals surface area contributed by atoms with Crippen LogP contribution in [-0.4, -0.2) is 23.6 Å². The topological polar surface area (TPSA) is 85.8 Å². The highest BCUT2D eigenvalue weighted by Crippen LogP contribution is 2.28. The van der Waals surface area contributed by atoms with Gasteiger partial charge in [0.15, 0.2) is 5.76 Å². The van der Waals surface area contributed by atoms with Crippen molar-refractivity contribution >= 4 is 17.6 Å². The molecule has 7 heteroatoms. The summed E-state index contributed by atoms with van der Waals surface area (Å²) in [6, 6.07) is 12.8. The second-order valence-electron chi connectivity index (χ2n) is 6.46. The Balaban J connectivity index is 1.37. The fourth-order valence-electron chi connectivity index (χ4n) is 3.14. The van der Waals surface area contributed by atoms with Crippen LogP contribution in [0.3, 0.4) is 0 Å². The number of carbonyl (C=O) groups excluding carboxylic acids is 2. The first-order chi connectivity index (χ1) is 13.1. The van der Waals surface area contributed by atoms with Crippen molar-refractivity contribution in [2.75, 3.05) is 11.4 Å². The third-order valence-corrected chi connectivity index (χ3v) is 4.55. The van der Waals surface area contributed by atoms with Crippen LogP contribution in [0.5, 0.6) is 0 Å². The predicted molar refractivity (Wildman–Crippen MR) is 95.6 cm³/mol. The number of aromatic nitrogens is 1. The Morgan fingerprint density at radius 1 is 1.26 bits per heavy atom. The van der Waals surface area contributed by atoms with Crippen molar-refractivity contribution in [3.05, 3.63) is 60.0 Å². The molecular weight excluding hydrogens is 348 g/mol. The highest BCUT2D eigenvalue weighted by Gasteiger charge is 2.36. The SMILES string of the molecule is Cc1ccccc1N1CC(C(=O)OCc2cc(-c3ccco3)on2)CC1=O. The maximum atomic E-state index is 12.4. The average molecular weight is 366 g/mol. The number of carbonyl (C=O) groups is 2. The Hall–Kier alpha value is -3.35. The van der Waals surface area contributed by atoms with E-state index in [1.165, 1.54) is 6.26 Å². The van der Waals surface area contributed by atoms with Gasteiger partial charge in [0.1, 0.15) is 12.3 Å². The molecule has 0 radical (unpaired) electrons. The van der Waals surface area contributed by atoms with Crippen LogP contribution in [0.25, 0.3) is 11.5 Å². The van der Waals surface area contributed by atoms with Crippen molar-refractivity contribution in [2.45, 2.75) is 20.0 Å². The maximum Gasteiger partial charge on any atom is 0.311 e. The van der Waals surface area contributed by atoms with Crippen molar-refractivity contribution < 1.29 is 23.3 Å². The molecule has 7 nitrogen and oxygen atoms in total. The van der Waals surface area contributed by atoms with Gasteiger partial charge >= 0.3 is 5.97 Å². The summed E-state index contributed by atoms with van der Waals surface area (Å²) in [5, 5.41) is 3.87. The van der Waals surface area contributed by atoms with Gasteiger partial charge in [-0.1, -0.05) is 23.4 Å². The van der Waals surface area contributed by atoms with Gasteiger partial charge in [0, 0.05) is 24.7 Å². The van der Waals surface area contributed by atoms with Crippen LogP contribution in [0.1, 0.15) is 17.7 Å². The van der Waals surface area contributed by atoms with E-state index in [2.05, 4.69) is 5.16 Å². The Morgan fingerprint density at radius 3 is 2.89 bits per heavy atom. The number of hydrogen-bond acceptors (Lipinski definition) is 6. The molecule has 1 aliphatic heterocycles. The standard InChI is InChI=1S/C20H18N2O5/c1-13-5-2-3-6-16(13)22-11-14(9-19(22)23)20(24)26-12-15-10-18(27-21-15)17-7-4-8-25-17/h2-8,10,14H,9,11-12H2,1H3. The van der Waals surface area contributed by atoms with E-state index in [1.807, 2.05) is 31.2 Å². The van der Waals surface area contributed by atoms with Gasteiger partial charge in [0.25, 0.3) is 0 Å². The lowest BCUT2D eigenvalue weighted by Crippen LogP contribution is -2.27. The molecule has 0 bridgehead atoms. The number of rotatable bonds is 5. The van der Waals surface area contributed by atoms with Crippen LogP contribution in [-0.2, 0) is 20.9 Å². The second-order valence-corrected chi connectivity index (χ2v) is 6.46. The van der Waals surface area contributed by atoms with E-state index >= 15 is 0 Å². The molecule has 1 aliphatic rings. The number of furan rings is 1. The van der Waals surface area contributed by atoms with Crippen molar-refractivity contribution in [3.63, 3.8) is 0 Å². The zero-order chi connectivity index (χ0) is 18.8. The summed E-state index contributed by atoms with van der Waals surface area (Å²) in [4.78, 5) is 26.4. The van der Waals surface area contributed by atoms with E-state index in [0.717, 1.165) is 11.3 Å². The highest BCUT2D eigenvalue weighted by molar-refractivity contribution is 6.00. The Kier molecular flexibility index (Phi) is 4.50. The van der Waals surface area contributed by atoms with Crippen LogP contribution < -0.4 is 4.90 Å². The van der Waals surface area contributed by atoms with E-state index < -0.39 is 11.9 Å². The summed E-state index contributed by atoms with van der Waals surface area (Å²) in [5.41, 5.74) is 2.31. The van der Waals surface area contributed by atoms with Crippen LogP contribution in [0.15, 0.2) is 57.7 Å². The van der Waals surface area contributed by atoms with Gasteiger partial charge < -0.3 is 18.6 Å². The molecule has 1 amide bonds. The number of amides is 1. The molecule has 2 aromatic heterocycles. The first-order valence-electron chi connectivity index (χ1n) is 8.64. The number of nitrogens with zero attached hydrogens (tertiary/aromatic N) is 2. The van der Waals surface area contributed by atoms with Gasteiger partial charge in [0.2, 0.25) is 11.7 Å². The molecule has 3 heterocycles. The zero-order valence-electron chi connectivity index (χ0n) is 14.8. The van der Waals surface area contributed by atoms with Gasteiger partial charge in [-0.3, -0.25) is 9.59 Å². The number of anilines is 1. The second kappa shape index (κ2) is 7.11. The smallest absolute Gasteiger partial charge is 0.311 e. The number of para-hydroxylation sites is 1. The minimum atomic E-state index is -0.492. The van der Waals surface area contributed by atoms with E-state index in [1.54, 1.807) is 23.1 Å². The quantitative estimate of drug-likeness (QED) is 0.644. The van der Waals surface area contributed by atoms with Crippen molar-refractivity contribution in [1.29, 1.82) is 0 Å². The van der Waals surface area contributed by atoms with Crippen molar-refractivity contribution in [2.24, 2.45) is 5.92 Å². The van der Waals surface area contributed by atoms with Crippen molar-refractivity contribution in [1.82, 2.24) is 5.16 Å². The zero-order valence-corrected chi connectivity index (χ0v) is 14.8. The molecule has 0 saturated carbocycles. The fourth-order valence-corrected chi connectivity index (χ4v) is 3.14. The highest BCUT2D eigenvalue weighted by atomic mass is 16.5. The average Bonchev–Trinajstić information content (AvgIpc) is 3.40. The summed E-state index contributed by atoms with van der Waals surface area (Å²) >= 11 is 0. The van der Waals surface area contributed by atoms with Gasteiger partial charge in [-0.25, -0.2) is 0 Å².